The van der Waals surface area contributed by atoms with Crippen LogP contribution >= 0.6 is 24.0 Å². The molecule has 2 rings (SSSR count). The number of hydrogen-bond donors (Lipinski definition) is 1. The van der Waals surface area contributed by atoms with Crippen molar-refractivity contribution in [3.05, 3.63) is 34.3 Å². The number of nitrogens with one attached hydrogen (secondary N) is 1. The number of hydrogen-bond acceptors (Lipinski definition) is 3. The van der Waals surface area contributed by atoms with Crippen LogP contribution in [0.4, 0.5) is 0 Å². The van der Waals surface area contributed by atoms with E-state index < -0.39 is 0 Å². The Hall–Kier alpha value is -0.320. The second kappa shape index (κ2) is 8.08. The summed E-state index contributed by atoms with van der Waals surface area (Å²) in [6.45, 7) is 4.25. The van der Waals surface area contributed by atoms with Crippen LogP contribution in [0.15, 0.2) is 18.2 Å². The molecule has 0 aromatic heterocycles. The van der Waals surface area contributed by atoms with E-state index in [9.17, 15) is 0 Å². The fourth-order valence-electron chi connectivity index (χ4n) is 2.36. The second-order valence-corrected chi connectivity index (χ2v) is 4.98. The first kappa shape index (κ1) is 16.7. The van der Waals surface area contributed by atoms with E-state index in [4.69, 9.17) is 21.1 Å². The Morgan fingerprint density at radius 3 is 2.89 bits per heavy atom. The molecule has 0 unspecified atom stereocenters. The third-order valence-electron chi connectivity index (χ3n) is 3.34. The molecule has 0 aliphatic carbocycles. The minimum Gasteiger partial charge on any atom is -0.382 e. The zero-order valence-electron chi connectivity index (χ0n) is 11.3. The van der Waals surface area contributed by atoms with Gasteiger partial charge in [0.15, 0.2) is 0 Å². The maximum Gasteiger partial charge on any atom is 0.0783 e. The lowest BCUT2D eigenvalue weighted by Gasteiger charge is -2.22. The van der Waals surface area contributed by atoms with E-state index >= 15 is 0 Å². The lowest BCUT2D eigenvalue weighted by atomic mass is 10.0. The summed E-state index contributed by atoms with van der Waals surface area (Å²) in [5.41, 5.74) is 2.25. The van der Waals surface area contributed by atoms with Gasteiger partial charge in [-0.2, -0.15) is 0 Å². The molecule has 0 radical (unpaired) electrons. The maximum atomic E-state index is 6.38. The highest BCUT2D eigenvalue weighted by Gasteiger charge is 2.30. The Balaban J connectivity index is 0.00000180. The van der Waals surface area contributed by atoms with Crippen molar-refractivity contribution in [1.82, 2.24) is 5.32 Å². The quantitative estimate of drug-likeness (QED) is 0.848. The highest BCUT2D eigenvalue weighted by molar-refractivity contribution is 6.32. The van der Waals surface area contributed by atoms with E-state index in [0.29, 0.717) is 13.2 Å². The van der Waals surface area contributed by atoms with E-state index in [1.54, 1.807) is 7.11 Å². The molecule has 1 aliphatic rings. The first-order valence-electron chi connectivity index (χ1n) is 6.33. The van der Waals surface area contributed by atoms with Crippen LogP contribution in [0, 0.1) is 6.92 Å². The van der Waals surface area contributed by atoms with Gasteiger partial charge in [-0.3, -0.25) is 0 Å². The standard InChI is InChI=1S/C14H20ClNO2.ClH/c1-10-4-3-5-11(13(10)15)14-12(6-7-16-14)18-9-8-17-2;/h3-5,12,14,16H,6-9H2,1-2H3;1H/t12-,14-;/m1./s1. The molecule has 0 amide bonds. The number of methoxy groups -OCH3 is 1. The van der Waals surface area contributed by atoms with Crippen LogP contribution in [-0.2, 0) is 9.47 Å². The second-order valence-electron chi connectivity index (χ2n) is 4.60. The fraction of sp³-hybridized carbons (Fsp3) is 0.571. The average Bonchev–Trinajstić information content (AvgIpc) is 2.81. The third-order valence-corrected chi connectivity index (χ3v) is 3.86. The molecular formula is C14H21Cl2NO2. The van der Waals surface area contributed by atoms with Crippen molar-refractivity contribution in [2.75, 3.05) is 26.9 Å². The molecule has 1 fully saturated rings. The largest absolute Gasteiger partial charge is 0.382 e. The van der Waals surface area contributed by atoms with Gasteiger partial charge < -0.3 is 14.8 Å². The molecule has 1 aromatic carbocycles. The Bertz CT molecular complexity index is 401. The highest BCUT2D eigenvalue weighted by atomic mass is 35.5. The smallest absolute Gasteiger partial charge is 0.0783 e. The van der Waals surface area contributed by atoms with Gasteiger partial charge in [0.05, 0.1) is 25.4 Å². The van der Waals surface area contributed by atoms with Gasteiger partial charge in [0.25, 0.3) is 0 Å². The molecule has 1 aromatic rings. The van der Waals surface area contributed by atoms with Crippen LogP contribution in [0.25, 0.3) is 0 Å². The van der Waals surface area contributed by atoms with Gasteiger partial charge in [-0.1, -0.05) is 29.8 Å². The summed E-state index contributed by atoms with van der Waals surface area (Å²) in [4.78, 5) is 0. The molecule has 1 saturated heterocycles. The summed E-state index contributed by atoms with van der Waals surface area (Å²) in [7, 11) is 1.69. The van der Waals surface area contributed by atoms with Crippen LogP contribution in [-0.4, -0.2) is 33.0 Å². The van der Waals surface area contributed by atoms with Crippen molar-refractivity contribution >= 4 is 24.0 Å². The van der Waals surface area contributed by atoms with Gasteiger partial charge >= 0.3 is 0 Å². The summed E-state index contributed by atoms with van der Waals surface area (Å²) in [6.07, 6.45) is 1.19. The molecular weight excluding hydrogens is 285 g/mol. The molecule has 0 saturated carbocycles. The Labute approximate surface area is 126 Å². The molecule has 1 N–H and O–H groups in total. The minimum absolute atomic E-state index is 0. The molecule has 1 aliphatic heterocycles. The molecule has 0 spiro atoms. The first-order valence-corrected chi connectivity index (χ1v) is 6.70. The SMILES string of the molecule is COCCO[C@@H]1CCN[C@@H]1c1cccc(C)c1Cl.Cl. The molecule has 2 atom stereocenters. The predicted octanol–water partition coefficient (Wildman–Crippen LogP) is 3.14. The third kappa shape index (κ3) is 4.07. The van der Waals surface area contributed by atoms with Gasteiger partial charge in [0, 0.05) is 12.1 Å². The van der Waals surface area contributed by atoms with Gasteiger partial charge in [-0.05, 0) is 31.0 Å². The summed E-state index contributed by atoms with van der Waals surface area (Å²) in [6, 6.07) is 6.34. The summed E-state index contributed by atoms with van der Waals surface area (Å²) in [5.74, 6) is 0. The molecule has 3 nitrogen and oxygen atoms in total. The van der Waals surface area contributed by atoms with Crippen molar-refractivity contribution in [3.8, 4) is 0 Å². The Morgan fingerprint density at radius 2 is 2.16 bits per heavy atom. The van der Waals surface area contributed by atoms with Crippen molar-refractivity contribution in [2.45, 2.75) is 25.5 Å². The average molecular weight is 306 g/mol. The van der Waals surface area contributed by atoms with Crippen LogP contribution in [0.1, 0.15) is 23.6 Å². The highest BCUT2D eigenvalue weighted by Crippen LogP contribution is 2.32. The predicted molar refractivity (Wildman–Crippen MR) is 80.4 cm³/mol. The molecule has 1 heterocycles. The first-order chi connectivity index (χ1) is 8.74. The van der Waals surface area contributed by atoms with E-state index in [-0.39, 0.29) is 24.6 Å². The summed E-state index contributed by atoms with van der Waals surface area (Å²) < 4.78 is 10.9. The minimum atomic E-state index is 0. The monoisotopic (exact) mass is 305 g/mol. The van der Waals surface area contributed by atoms with Gasteiger partial charge in [0.1, 0.15) is 0 Å². The van der Waals surface area contributed by atoms with Crippen molar-refractivity contribution < 1.29 is 9.47 Å². The molecule has 108 valence electrons. The normalized spacial score (nSPS) is 22.3. The van der Waals surface area contributed by atoms with E-state index in [1.807, 2.05) is 19.1 Å². The van der Waals surface area contributed by atoms with Crippen molar-refractivity contribution in [1.29, 1.82) is 0 Å². The van der Waals surface area contributed by atoms with Crippen LogP contribution in [0.2, 0.25) is 5.02 Å². The Kier molecular flexibility index (Phi) is 7.11. The van der Waals surface area contributed by atoms with E-state index in [2.05, 4.69) is 11.4 Å². The van der Waals surface area contributed by atoms with Crippen LogP contribution in [0.3, 0.4) is 0 Å². The number of rotatable bonds is 5. The van der Waals surface area contributed by atoms with Crippen molar-refractivity contribution in [2.24, 2.45) is 0 Å². The number of halogens is 2. The van der Waals surface area contributed by atoms with E-state index in [1.165, 1.54) is 0 Å². The topological polar surface area (TPSA) is 30.5 Å². The Morgan fingerprint density at radius 1 is 1.37 bits per heavy atom. The van der Waals surface area contributed by atoms with Gasteiger partial charge in [-0.25, -0.2) is 0 Å². The van der Waals surface area contributed by atoms with Crippen molar-refractivity contribution in [3.63, 3.8) is 0 Å². The lowest BCUT2D eigenvalue weighted by Crippen LogP contribution is -2.25. The summed E-state index contributed by atoms with van der Waals surface area (Å²) >= 11 is 6.38. The number of ether oxygens (including phenoxy) is 2. The fourth-order valence-corrected chi connectivity index (χ4v) is 2.61. The summed E-state index contributed by atoms with van der Waals surface area (Å²) in [5, 5.41) is 4.31. The van der Waals surface area contributed by atoms with Gasteiger partial charge in [0.2, 0.25) is 0 Å². The lowest BCUT2D eigenvalue weighted by molar-refractivity contribution is 0.0114. The number of benzene rings is 1. The van der Waals surface area contributed by atoms with Gasteiger partial charge in [-0.15, -0.1) is 12.4 Å². The maximum absolute atomic E-state index is 6.38. The van der Waals surface area contributed by atoms with Crippen LogP contribution < -0.4 is 5.32 Å². The molecule has 19 heavy (non-hydrogen) atoms. The van der Waals surface area contributed by atoms with Crippen LogP contribution in [0.5, 0.6) is 0 Å². The molecule has 0 bridgehead atoms. The zero-order valence-corrected chi connectivity index (χ0v) is 12.9. The number of aryl methyl sites for hydroxylation is 1. The zero-order chi connectivity index (χ0) is 13.0. The van der Waals surface area contributed by atoms with E-state index in [0.717, 1.165) is 29.1 Å². The molecule has 5 heteroatoms.